The molecule has 7 heteroatoms. The van der Waals surface area contributed by atoms with Crippen LogP contribution >= 0.6 is 11.3 Å². The maximum absolute atomic E-state index is 13.4. The van der Waals surface area contributed by atoms with Crippen molar-refractivity contribution < 1.29 is 13.9 Å². The van der Waals surface area contributed by atoms with Gasteiger partial charge in [-0.25, -0.2) is 10.2 Å². The van der Waals surface area contributed by atoms with Gasteiger partial charge in [-0.05, 0) is 23.6 Å². The van der Waals surface area contributed by atoms with E-state index in [0.29, 0.717) is 10.4 Å². The van der Waals surface area contributed by atoms with Crippen LogP contribution in [0.25, 0.3) is 0 Å². The van der Waals surface area contributed by atoms with Gasteiger partial charge in [-0.15, -0.1) is 11.3 Å². The average molecular weight is 291 g/mol. The minimum atomic E-state index is -0.643. The largest absolute Gasteiger partial charge is 0.489 e. The van der Waals surface area contributed by atoms with Gasteiger partial charge in [0.05, 0.1) is 10.4 Å². The molecule has 1 heterocycles. The third kappa shape index (κ3) is 2.93. The lowest BCUT2D eigenvalue weighted by molar-refractivity contribution is 0.0955. The molecule has 3 N–H and O–H groups in total. The van der Waals surface area contributed by atoms with Crippen LogP contribution in [0.5, 0.6) is 5.75 Å². The Hall–Kier alpha value is -2.43. The number of benzene rings is 1. The van der Waals surface area contributed by atoms with Gasteiger partial charge < -0.3 is 4.74 Å². The van der Waals surface area contributed by atoms with Crippen molar-refractivity contribution in [2.75, 3.05) is 0 Å². The van der Waals surface area contributed by atoms with Crippen LogP contribution < -0.4 is 16.0 Å². The first-order valence-corrected chi connectivity index (χ1v) is 6.43. The number of nitrogens with one attached hydrogen (secondary N) is 1. The number of carbonyl (C=O) groups is 1. The summed E-state index contributed by atoms with van der Waals surface area (Å²) in [6.45, 7) is 0.109. The van der Waals surface area contributed by atoms with Crippen LogP contribution in [0.1, 0.15) is 20.8 Å². The van der Waals surface area contributed by atoms with Crippen LogP contribution in [0.4, 0.5) is 4.39 Å². The summed E-state index contributed by atoms with van der Waals surface area (Å²) in [6, 6.07) is 7.43. The fourth-order valence-corrected chi connectivity index (χ4v) is 2.36. The molecule has 0 aliphatic heterocycles. The normalized spacial score (nSPS) is 9.85. The Bertz CT molecular complexity index is 678. The molecule has 102 valence electrons. The lowest BCUT2D eigenvalue weighted by Gasteiger charge is -2.07. The molecule has 0 spiro atoms. The molecule has 5 nitrogen and oxygen atoms in total. The van der Waals surface area contributed by atoms with E-state index in [1.807, 2.05) is 0 Å². The molecule has 0 aliphatic carbocycles. The number of hydrogen-bond acceptors (Lipinski definition) is 5. The number of thiophene rings is 1. The predicted molar refractivity (Wildman–Crippen MR) is 71.4 cm³/mol. The molecule has 0 aliphatic rings. The highest BCUT2D eigenvalue weighted by Crippen LogP contribution is 2.21. The monoisotopic (exact) mass is 291 g/mol. The van der Waals surface area contributed by atoms with E-state index in [0.717, 1.165) is 6.07 Å². The van der Waals surface area contributed by atoms with Crippen molar-refractivity contribution in [2.45, 2.75) is 6.61 Å². The first kappa shape index (κ1) is 14.0. The van der Waals surface area contributed by atoms with Crippen molar-refractivity contribution in [3.63, 3.8) is 0 Å². The molecule has 0 saturated carbocycles. The first-order chi connectivity index (χ1) is 9.65. The van der Waals surface area contributed by atoms with E-state index in [1.54, 1.807) is 17.5 Å². The Labute approximate surface area is 118 Å². The lowest BCUT2D eigenvalue weighted by Crippen LogP contribution is -2.30. The maximum Gasteiger partial charge on any atom is 0.275 e. The van der Waals surface area contributed by atoms with Gasteiger partial charge in [0.25, 0.3) is 5.91 Å². The Morgan fingerprint density at radius 1 is 1.50 bits per heavy atom. The second-order valence-electron chi connectivity index (χ2n) is 3.79. The molecule has 0 radical (unpaired) electrons. The van der Waals surface area contributed by atoms with Crippen LogP contribution in [0.15, 0.2) is 29.6 Å². The minimum Gasteiger partial charge on any atom is -0.489 e. The summed E-state index contributed by atoms with van der Waals surface area (Å²) in [6.07, 6.45) is 0. The molecule has 0 fully saturated rings. The summed E-state index contributed by atoms with van der Waals surface area (Å²) in [4.78, 5) is 11.9. The van der Waals surface area contributed by atoms with Crippen LogP contribution in [-0.2, 0) is 6.61 Å². The molecule has 1 aromatic carbocycles. The van der Waals surface area contributed by atoms with Gasteiger partial charge in [-0.3, -0.25) is 10.2 Å². The standard InChI is InChI=1S/C13H10FN3O2S/c14-11-5-10(2-1-8(11)6-15)19-7-9-3-4-20-12(9)13(18)17-16/h1-5H,7,16H2,(H,17,18). The number of nitrogens with zero attached hydrogens (tertiary/aromatic N) is 1. The zero-order valence-electron chi connectivity index (χ0n) is 10.2. The van der Waals surface area contributed by atoms with Gasteiger partial charge in [0.2, 0.25) is 0 Å². The molecule has 1 aromatic heterocycles. The zero-order chi connectivity index (χ0) is 14.5. The van der Waals surface area contributed by atoms with Gasteiger partial charge in [0.1, 0.15) is 24.2 Å². The molecule has 1 amide bonds. The second kappa shape index (κ2) is 6.14. The van der Waals surface area contributed by atoms with Crippen LogP contribution in [0.3, 0.4) is 0 Å². The maximum atomic E-state index is 13.4. The summed E-state index contributed by atoms with van der Waals surface area (Å²) in [5.41, 5.74) is 2.66. The molecule has 0 saturated heterocycles. The quantitative estimate of drug-likeness (QED) is 0.512. The van der Waals surface area contributed by atoms with Crippen molar-refractivity contribution >= 4 is 17.2 Å². The molecule has 0 bridgehead atoms. The predicted octanol–water partition coefficient (Wildman–Crippen LogP) is 1.94. The number of nitrogens with two attached hydrogens (primary N) is 1. The van der Waals surface area contributed by atoms with Crippen molar-refractivity contribution in [1.29, 1.82) is 5.26 Å². The number of hydrogen-bond donors (Lipinski definition) is 2. The van der Waals surface area contributed by atoms with Gasteiger partial charge in [0.15, 0.2) is 0 Å². The molecule has 0 atom stereocenters. The molecule has 20 heavy (non-hydrogen) atoms. The topological polar surface area (TPSA) is 88.1 Å². The lowest BCUT2D eigenvalue weighted by atomic mass is 10.2. The summed E-state index contributed by atoms with van der Waals surface area (Å²) in [5, 5.41) is 10.4. The van der Waals surface area contributed by atoms with Crippen molar-refractivity contribution in [3.8, 4) is 11.8 Å². The summed E-state index contributed by atoms with van der Waals surface area (Å²) < 4.78 is 18.8. The van der Waals surface area contributed by atoms with Gasteiger partial charge >= 0.3 is 0 Å². The summed E-state index contributed by atoms with van der Waals surface area (Å²) in [5.74, 6) is 4.32. The Morgan fingerprint density at radius 3 is 2.95 bits per heavy atom. The zero-order valence-corrected chi connectivity index (χ0v) is 11.0. The summed E-state index contributed by atoms with van der Waals surface area (Å²) in [7, 11) is 0. The third-order valence-corrected chi connectivity index (χ3v) is 3.49. The second-order valence-corrected chi connectivity index (χ2v) is 4.71. The molecular formula is C13H10FN3O2S. The number of hydrazine groups is 1. The number of nitriles is 1. The smallest absolute Gasteiger partial charge is 0.275 e. The minimum absolute atomic E-state index is 0.0453. The van der Waals surface area contributed by atoms with Crippen LogP contribution in [-0.4, -0.2) is 5.91 Å². The summed E-state index contributed by atoms with van der Waals surface area (Å²) >= 11 is 1.24. The highest BCUT2D eigenvalue weighted by molar-refractivity contribution is 7.12. The van der Waals surface area contributed by atoms with E-state index in [1.165, 1.54) is 23.5 Å². The van der Waals surface area contributed by atoms with Gasteiger partial charge in [-0.2, -0.15) is 5.26 Å². The molecular weight excluding hydrogens is 281 g/mol. The van der Waals surface area contributed by atoms with E-state index in [4.69, 9.17) is 15.8 Å². The van der Waals surface area contributed by atoms with Crippen molar-refractivity contribution in [2.24, 2.45) is 5.84 Å². The number of ether oxygens (including phenoxy) is 1. The van der Waals surface area contributed by atoms with Crippen molar-refractivity contribution in [3.05, 3.63) is 51.5 Å². The van der Waals surface area contributed by atoms with E-state index in [9.17, 15) is 9.18 Å². The highest BCUT2D eigenvalue weighted by atomic mass is 32.1. The number of halogens is 1. The van der Waals surface area contributed by atoms with E-state index >= 15 is 0 Å². The van der Waals surface area contributed by atoms with Crippen molar-refractivity contribution in [1.82, 2.24) is 5.43 Å². The Kier molecular flexibility index (Phi) is 4.30. The molecule has 2 rings (SSSR count). The number of rotatable bonds is 4. The fraction of sp³-hybridized carbons (Fsp3) is 0.0769. The number of nitrogen functional groups attached to an aromatic ring is 1. The first-order valence-electron chi connectivity index (χ1n) is 5.55. The SMILES string of the molecule is N#Cc1ccc(OCc2ccsc2C(=O)NN)cc1F. The van der Waals surface area contributed by atoms with Crippen LogP contribution in [0.2, 0.25) is 0 Å². The third-order valence-electron chi connectivity index (χ3n) is 2.54. The van der Waals surface area contributed by atoms with Gasteiger partial charge in [0, 0.05) is 11.6 Å². The highest BCUT2D eigenvalue weighted by Gasteiger charge is 2.12. The Balaban J connectivity index is 2.10. The van der Waals surface area contributed by atoms with E-state index in [-0.39, 0.29) is 17.9 Å². The Morgan fingerprint density at radius 2 is 2.30 bits per heavy atom. The number of amides is 1. The molecule has 0 unspecified atom stereocenters. The number of carbonyl (C=O) groups excluding carboxylic acids is 1. The van der Waals surface area contributed by atoms with Gasteiger partial charge in [-0.1, -0.05) is 0 Å². The van der Waals surface area contributed by atoms with E-state index in [2.05, 4.69) is 5.43 Å². The van der Waals surface area contributed by atoms with E-state index < -0.39 is 11.7 Å². The molecule has 2 aromatic rings. The van der Waals surface area contributed by atoms with Crippen LogP contribution in [0, 0.1) is 17.1 Å². The average Bonchev–Trinajstić information content (AvgIpc) is 2.93. The fourth-order valence-electron chi connectivity index (χ4n) is 1.55.